The van der Waals surface area contributed by atoms with E-state index >= 15 is 0 Å². The predicted octanol–water partition coefficient (Wildman–Crippen LogP) is 1.23. The lowest BCUT2D eigenvalue weighted by atomic mass is 10.1. The average Bonchev–Trinajstić information content (AvgIpc) is 2.32. The Kier molecular flexibility index (Phi) is 2.28. The minimum absolute atomic E-state index is 0.415. The zero-order chi connectivity index (χ0) is 8.32. The van der Waals surface area contributed by atoms with Crippen molar-refractivity contribution in [3.05, 3.63) is 17.1 Å². The molecule has 3 heteroatoms. The molecule has 0 spiro atoms. The van der Waals surface area contributed by atoms with Crippen LogP contribution < -0.4 is 5.73 Å². The molecule has 0 aromatic carbocycles. The van der Waals surface area contributed by atoms with Crippen molar-refractivity contribution in [3.63, 3.8) is 0 Å². The Bertz CT molecular complexity index is 271. The molecule has 0 aliphatic carbocycles. The van der Waals surface area contributed by atoms with Gasteiger partial charge in [0.25, 0.3) is 0 Å². The molecule has 0 amide bonds. The van der Waals surface area contributed by atoms with Crippen LogP contribution in [0.5, 0.6) is 0 Å². The van der Waals surface area contributed by atoms with Crippen LogP contribution in [0, 0.1) is 11.8 Å². The minimum atomic E-state index is -0.415. The van der Waals surface area contributed by atoms with E-state index in [0.717, 1.165) is 5.56 Å². The van der Waals surface area contributed by atoms with E-state index in [4.69, 9.17) is 5.73 Å². The van der Waals surface area contributed by atoms with Crippen molar-refractivity contribution in [3.8, 4) is 11.8 Å². The third kappa shape index (κ3) is 3.17. The molecule has 1 heterocycles. The fourth-order valence-corrected chi connectivity index (χ4v) is 0.968. The first-order valence-electron chi connectivity index (χ1n) is 3.29. The summed E-state index contributed by atoms with van der Waals surface area (Å²) < 4.78 is 3.92. The van der Waals surface area contributed by atoms with Crippen molar-refractivity contribution in [2.24, 2.45) is 5.73 Å². The molecule has 0 bridgehead atoms. The Balaban J connectivity index is 2.74. The van der Waals surface area contributed by atoms with E-state index in [1.807, 2.05) is 19.2 Å². The lowest BCUT2D eigenvalue weighted by Crippen LogP contribution is -2.29. The Morgan fingerprint density at radius 1 is 1.64 bits per heavy atom. The van der Waals surface area contributed by atoms with Crippen LogP contribution in [0.3, 0.4) is 0 Å². The fraction of sp³-hybridized carbons (Fsp3) is 0.375. The first kappa shape index (κ1) is 8.25. The van der Waals surface area contributed by atoms with Crippen LogP contribution in [0.15, 0.2) is 11.6 Å². The summed E-state index contributed by atoms with van der Waals surface area (Å²) in [6, 6.07) is 0. The predicted molar refractivity (Wildman–Crippen MR) is 47.3 cm³/mol. The van der Waals surface area contributed by atoms with E-state index < -0.39 is 5.54 Å². The highest BCUT2D eigenvalue weighted by atomic mass is 32.1. The minimum Gasteiger partial charge on any atom is -0.316 e. The van der Waals surface area contributed by atoms with Gasteiger partial charge in [0, 0.05) is 5.38 Å². The van der Waals surface area contributed by atoms with Gasteiger partial charge in [-0.3, -0.25) is 0 Å². The highest BCUT2D eigenvalue weighted by Gasteiger charge is 2.03. The van der Waals surface area contributed by atoms with Gasteiger partial charge < -0.3 is 5.73 Å². The molecule has 0 radical (unpaired) electrons. The third-order valence-electron chi connectivity index (χ3n) is 0.961. The van der Waals surface area contributed by atoms with Gasteiger partial charge in [0.05, 0.1) is 17.3 Å². The molecule has 1 aromatic heterocycles. The van der Waals surface area contributed by atoms with Gasteiger partial charge in [0.1, 0.15) is 0 Å². The summed E-state index contributed by atoms with van der Waals surface area (Å²) in [6.07, 6.45) is 1.74. The molecule has 0 saturated carbocycles. The lowest BCUT2D eigenvalue weighted by Gasteiger charge is -2.06. The van der Waals surface area contributed by atoms with Crippen LogP contribution in [-0.4, -0.2) is 9.91 Å². The molecule has 0 fully saturated rings. The molecule has 11 heavy (non-hydrogen) atoms. The van der Waals surface area contributed by atoms with Crippen molar-refractivity contribution < 1.29 is 0 Å². The van der Waals surface area contributed by atoms with E-state index in [0.29, 0.717) is 0 Å². The van der Waals surface area contributed by atoms with E-state index in [2.05, 4.69) is 16.2 Å². The van der Waals surface area contributed by atoms with Crippen LogP contribution in [0.25, 0.3) is 0 Å². The van der Waals surface area contributed by atoms with Crippen molar-refractivity contribution in [2.75, 3.05) is 0 Å². The Labute approximate surface area is 70.6 Å². The maximum Gasteiger partial charge on any atom is 0.0722 e. The molecule has 0 unspecified atom stereocenters. The topological polar surface area (TPSA) is 38.9 Å². The van der Waals surface area contributed by atoms with E-state index in [-0.39, 0.29) is 0 Å². The zero-order valence-electron chi connectivity index (χ0n) is 6.59. The average molecular weight is 166 g/mol. The summed E-state index contributed by atoms with van der Waals surface area (Å²) in [5, 5.41) is 1.90. The molecule has 0 aliphatic rings. The van der Waals surface area contributed by atoms with Gasteiger partial charge in [0.15, 0.2) is 0 Å². The van der Waals surface area contributed by atoms with Gasteiger partial charge in [-0.1, -0.05) is 11.8 Å². The standard InChI is InChI=1S/C8H10N2S/c1-8(2,9)4-3-7-5-10-11-6-7/h5-6H,9H2,1-2H3. The van der Waals surface area contributed by atoms with Gasteiger partial charge >= 0.3 is 0 Å². The normalized spacial score (nSPS) is 10.5. The van der Waals surface area contributed by atoms with Crippen LogP contribution in [0.4, 0.5) is 0 Å². The molecule has 58 valence electrons. The van der Waals surface area contributed by atoms with E-state index in [9.17, 15) is 0 Å². The second-order valence-corrected chi connectivity index (χ2v) is 3.54. The second-order valence-electron chi connectivity index (χ2n) is 2.88. The van der Waals surface area contributed by atoms with Gasteiger partial charge in [-0.05, 0) is 25.4 Å². The SMILES string of the molecule is CC(C)(N)C#Cc1cnsc1. The molecule has 0 atom stereocenters. The van der Waals surface area contributed by atoms with E-state index in [1.54, 1.807) is 6.20 Å². The van der Waals surface area contributed by atoms with Crippen molar-refractivity contribution >= 4 is 11.5 Å². The molecular weight excluding hydrogens is 156 g/mol. The zero-order valence-corrected chi connectivity index (χ0v) is 7.40. The van der Waals surface area contributed by atoms with E-state index in [1.165, 1.54) is 11.5 Å². The summed E-state index contributed by atoms with van der Waals surface area (Å²) in [5.74, 6) is 5.86. The van der Waals surface area contributed by atoms with Gasteiger partial charge in [-0.2, -0.15) is 4.37 Å². The second kappa shape index (κ2) is 3.04. The van der Waals surface area contributed by atoms with Gasteiger partial charge in [-0.25, -0.2) is 0 Å². The Morgan fingerprint density at radius 2 is 2.36 bits per heavy atom. The maximum atomic E-state index is 5.66. The number of aromatic nitrogens is 1. The smallest absolute Gasteiger partial charge is 0.0722 e. The highest BCUT2D eigenvalue weighted by Crippen LogP contribution is 2.00. The number of hydrogen-bond acceptors (Lipinski definition) is 3. The molecule has 1 aromatic rings. The molecule has 2 N–H and O–H groups in total. The molecule has 1 rings (SSSR count). The number of hydrogen-bond donors (Lipinski definition) is 1. The Morgan fingerprint density at radius 3 is 2.82 bits per heavy atom. The molecular formula is C8H10N2S. The lowest BCUT2D eigenvalue weighted by molar-refractivity contribution is 0.680. The monoisotopic (exact) mass is 166 g/mol. The molecule has 2 nitrogen and oxygen atoms in total. The molecule has 0 saturated heterocycles. The Hall–Kier alpha value is -0.850. The summed E-state index contributed by atoms with van der Waals surface area (Å²) in [6.45, 7) is 3.75. The molecule has 0 aliphatic heterocycles. The fourth-order valence-electron chi connectivity index (χ4n) is 0.500. The first-order valence-corrected chi connectivity index (χ1v) is 4.13. The van der Waals surface area contributed by atoms with Crippen molar-refractivity contribution in [1.82, 2.24) is 4.37 Å². The van der Waals surface area contributed by atoms with Crippen LogP contribution in [0.1, 0.15) is 19.4 Å². The maximum absolute atomic E-state index is 5.66. The van der Waals surface area contributed by atoms with Crippen molar-refractivity contribution in [1.29, 1.82) is 0 Å². The number of rotatable bonds is 0. The summed E-state index contributed by atoms with van der Waals surface area (Å²) in [5.41, 5.74) is 6.19. The summed E-state index contributed by atoms with van der Waals surface area (Å²) in [4.78, 5) is 0. The summed E-state index contributed by atoms with van der Waals surface area (Å²) >= 11 is 1.40. The van der Waals surface area contributed by atoms with Crippen LogP contribution in [-0.2, 0) is 0 Å². The summed E-state index contributed by atoms with van der Waals surface area (Å²) in [7, 11) is 0. The van der Waals surface area contributed by atoms with Crippen LogP contribution >= 0.6 is 11.5 Å². The number of nitrogens with zero attached hydrogens (tertiary/aromatic N) is 1. The van der Waals surface area contributed by atoms with Gasteiger partial charge in [-0.15, -0.1) is 0 Å². The highest BCUT2D eigenvalue weighted by molar-refractivity contribution is 7.03. The van der Waals surface area contributed by atoms with Crippen LogP contribution in [0.2, 0.25) is 0 Å². The number of nitrogens with two attached hydrogens (primary N) is 1. The third-order valence-corrected chi connectivity index (χ3v) is 1.55. The first-order chi connectivity index (χ1) is 5.08. The van der Waals surface area contributed by atoms with Gasteiger partial charge in [0.2, 0.25) is 0 Å². The quantitative estimate of drug-likeness (QED) is 0.589. The van der Waals surface area contributed by atoms with Crippen molar-refractivity contribution in [2.45, 2.75) is 19.4 Å². The largest absolute Gasteiger partial charge is 0.316 e.